The Morgan fingerprint density at radius 3 is 2.68 bits per heavy atom. The molecule has 0 bridgehead atoms. The van der Waals surface area contributed by atoms with Gasteiger partial charge in [0.25, 0.3) is 5.69 Å². The Morgan fingerprint density at radius 2 is 2.11 bits per heavy atom. The number of benzene rings is 1. The van der Waals surface area contributed by atoms with E-state index in [1.54, 1.807) is 12.1 Å². The van der Waals surface area contributed by atoms with Crippen molar-refractivity contribution < 1.29 is 14.5 Å². The van der Waals surface area contributed by atoms with Crippen molar-refractivity contribution in [1.29, 1.82) is 0 Å². The molecule has 1 aromatic rings. The Bertz CT molecular complexity index is 472. The molecule has 0 aromatic heterocycles. The van der Waals surface area contributed by atoms with Crippen molar-refractivity contribution in [3.8, 4) is 0 Å². The number of carbonyl (C=O) groups is 1. The molecule has 19 heavy (non-hydrogen) atoms. The second kappa shape index (κ2) is 5.79. The number of nitrogens with one attached hydrogen (secondary N) is 1. The number of nitro benzene ring substituents is 1. The molecule has 1 N–H and O–H groups in total. The van der Waals surface area contributed by atoms with E-state index in [0.717, 1.165) is 12.0 Å². The van der Waals surface area contributed by atoms with Gasteiger partial charge in [0.2, 0.25) is 5.91 Å². The number of hydrogen-bond donors (Lipinski definition) is 1. The second-order valence-corrected chi connectivity index (χ2v) is 4.63. The SMILES string of the molecule is CC(=O)N[C@@H]1CCO[C@H](c2ccc([N+](=O)[O-])cc2)C1. The first-order valence-electron chi connectivity index (χ1n) is 6.19. The predicted molar refractivity (Wildman–Crippen MR) is 68.6 cm³/mol. The molecule has 0 unspecified atom stereocenters. The van der Waals surface area contributed by atoms with Gasteiger partial charge >= 0.3 is 0 Å². The van der Waals surface area contributed by atoms with Crippen molar-refractivity contribution in [2.24, 2.45) is 0 Å². The van der Waals surface area contributed by atoms with E-state index in [4.69, 9.17) is 4.74 Å². The first kappa shape index (κ1) is 13.5. The highest BCUT2D eigenvalue weighted by Crippen LogP contribution is 2.29. The molecule has 1 heterocycles. The number of amides is 1. The van der Waals surface area contributed by atoms with Crippen LogP contribution < -0.4 is 5.32 Å². The summed E-state index contributed by atoms with van der Waals surface area (Å²) in [4.78, 5) is 21.2. The maximum Gasteiger partial charge on any atom is 0.269 e. The van der Waals surface area contributed by atoms with Gasteiger partial charge in [-0.2, -0.15) is 0 Å². The average molecular weight is 264 g/mol. The molecular formula is C13H16N2O4. The molecule has 6 nitrogen and oxygen atoms in total. The number of nitrogens with zero attached hydrogens (tertiary/aromatic N) is 1. The zero-order valence-corrected chi connectivity index (χ0v) is 10.7. The van der Waals surface area contributed by atoms with E-state index in [9.17, 15) is 14.9 Å². The summed E-state index contributed by atoms with van der Waals surface area (Å²) >= 11 is 0. The van der Waals surface area contributed by atoms with Gasteiger partial charge in [0, 0.05) is 31.7 Å². The standard InChI is InChI=1S/C13H16N2O4/c1-9(16)14-11-6-7-19-13(8-11)10-2-4-12(5-3-10)15(17)18/h2-5,11,13H,6-8H2,1H3,(H,14,16)/t11-,13+/m1/s1. The molecule has 0 radical (unpaired) electrons. The van der Waals surface area contributed by atoms with Gasteiger partial charge in [0.1, 0.15) is 0 Å². The Balaban J connectivity index is 2.04. The maximum atomic E-state index is 11.0. The van der Waals surface area contributed by atoms with Crippen LogP contribution in [0, 0.1) is 10.1 Å². The van der Waals surface area contributed by atoms with Gasteiger partial charge in [0.15, 0.2) is 0 Å². The lowest BCUT2D eigenvalue weighted by Crippen LogP contribution is -2.38. The Morgan fingerprint density at radius 1 is 1.42 bits per heavy atom. The second-order valence-electron chi connectivity index (χ2n) is 4.63. The zero-order chi connectivity index (χ0) is 13.8. The third-order valence-corrected chi connectivity index (χ3v) is 3.17. The first-order valence-corrected chi connectivity index (χ1v) is 6.19. The van der Waals surface area contributed by atoms with Gasteiger partial charge in [-0.25, -0.2) is 0 Å². The summed E-state index contributed by atoms with van der Waals surface area (Å²) in [5.41, 5.74) is 0.971. The Kier molecular flexibility index (Phi) is 4.11. The van der Waals surface area contributed by atoms with Gasteiger partial charge in [-0.1, -0.05) is 0 Å². The summed E-state index contributed by atoms with van der Waals surface area (Å²) in [5, 5.41) is 13.5. The molecule has 2 atom stereocenters. The summed E-state index contributed by atoms with van der Waals surface area (Å²) in [6.07, 6.45) is 1.37. The van der Waals surface area contributed by atoms with Crippen LogP contribution in [0.5, 0.6) is 0 Å². The molecule has 2 rings (SSSR count). The third kappa shape index (κ3) is 3.51. The molecule has 0 aliphatic carbocycles. The molecule has 6 heteroatoms. The molecule has 1 fully saturated rings. The zero-order valence-electron chi connectivity index (χ0n) is 10.7. The van der Waals surface area contributed by atoms with Gasteiger partial charge < -0.3 is 10.1 Å². The van der Waals surface area contributed by atoms with Crippen molar-refractivity contribution in [3.63, 3.8) is 0 Å². The quantitative estimate of drug-likeness (QED) is 0.668. The lowest BCUT2D eigenvalue weighted by Gasteiger charge is -2.30. The summed E-state index contributed by atoms with van der Waals surface area (Å²) < 4.78 is 5.66. The summed E-state index contributed by atoms with van der Waals surface area (Å²) in [7, 11) is 0. The average Bonchev–Trinajstić information content (AvgIpc) is 2.38. The van der Waals surface area contributed by atoms with Crippen molar-refractivity contribution in [1.82, 2.24) is 5.32 Å². The van der Waals surface area contributed by atoms with Gasteiger partial charge in [0.05, 0.1) is 11.0 Å². The van der Waals surface area contributed by atoms with Crippen LogP contribution in [0.25, 0.3) is 0 Å². The van der Waals surface area contributed by atoms with E-state index < -0.39 is 4.92 Å². The van der Waals surface area contributed by atoms with Crippen LogP contribution >= 0.6 is 0 Å². The largest absolute Gasteiger partial charge is 0.373 e. The van der Waals surface area contributed by atoms with Crippen LogP contribution in [-0.2, 0) is 9.53 Å². The topological polar surface area (TPSA) is 81.5 Å². The van der Waals surface area contributed by atoms with Gasteiger partial charge in [-0.3, -0.25) is 14.9 Å². The van der Waals surface area contributed by atoms with Crippen molar-refractivity contribution in [2.45, 2.75) is 31.9 Å². The molecule has 0 saturated carbocycles. The van der Waals surface area contributed by atoms with Crippen LogP contribution in [0.1, 0.15) is 31.4 Å². The van der Waals surface area contributed by atoms with Gasteiger partial charge in [-0.05, 0) is 30.5 Å². The number of rotatable bonds is 3. The fourth-order valence-electron chi connectivity index (χ4n) is 2.26. The Labute approximate surface area is 110 Å². The van der Waals surface area contributed by atoms with E-state index in [-0.39, 0.29) is 23.7 Å². The van der Waals surface area contributed by atoms with Crippen LogP contribution in [0.4, 0.5) is 5.69 Å². The van der Waals surface area contributed by atoms with Gasteiger partial charge in [-0.15, -0.1) is 0 Å². The van der Waals surface area contributed by atoms with Crippen LogP contribution in [-0.4, -0.2) is 23.5 Å². The first-order chi connectivity index (χ1) is 9.06. The highest BCUT2D eigenvalue weighted by atomic mass is 16.6. The fraction of sp³-hybridized carbons (Fsp3) is 0.462. The molecular weight excluding hydrogens is 248 g/mol. The number of non-ortho nitro benzene ring substituents is 1. The number of carbonyl (C=O) groups excluding carboxylic acids is 1. The molecule has 102 valence electrons. The molecule has 0 spiro atoms. The monoisotopic (exact) mass is 264 g/mol. The minimum absolute atomic E-state index is 0.0469. The molecule has 1 aliphatic heterocycles. The predicted octanol–water partition coefficient (Wildman–Crippen LogP) is 1.95. The van der Waals surface area contributed by atoms with E-state index in [1.807, 2.05) is 0 Å². The maximum absolute atomic E-state index is 11.0. The molecule has 1 aliphatic rings. The highest BCUT2D eigenvalue weighted by Gasteiger charge is 2.24. The number of nitro groups is 1. The minimum Gasteiger partial charge on any atom is -0.373 e. The third-order valence-electron chi connectivity index (χ3n) is 3.17. The smallest absolute Gasteiger partial charge is 0.269 e. The van der Waals surface area contributed by atoms with Crippen LogP contribution in [0.2, 0.25) is 0 Å². The van der Waals surface area contributed by atoms with Crippen LogP contribution in [0.15, 0.2) is 24.3 Å². The fourth-order valence-corrected chi connectivity index (χ4v) is 2.26. The number of hydrogen-bond acceptors (Lipinski definition) is 4. The van der Waals surface area contributed by atoms with E-state index in [2.05, 4.69) is 5.32 Å². The molecule has 1 aromatic carbocycles. The summed E-state index contributed by atoms with van der Waals surface area (Å²) in [6.45, 7) is 2.07. The van der Waals surface area contributed by atoms with Crippen molar-refractivity contribution in [3.05, 3.63) is 39.9 Å². The summed E-state index contributed by atoms with van der Waals surface area (Å²) in [6, 6.07) is 6.46. The van der Waals surface area contributed by atoms with E-state index in [1.165, 1.54) is 19.1 Å². The number of ether oxygens (including phenoxy) is 1. The molecule has 1 amide bonds. The Hall–Kier alpha value is -1.95. The van der Waals surface area contributed by atoms with Crippen molar-refractivity contribution >= 4 is 11.6 Å². The normalized spacial score (nSPS) is 22.8. The van der Waals surface area contributed by atoms with E-state index >= 15 is 0 Å². The lowest BCUT2D eigenvalue weighted by atomic mass is 9.97. The minimum atomic E-state index is -0.425. The van der Waals surface area contributed by atoms with E-state index in [0.29, 0.717) is 13.0 Å². The van der Waals surface area contributed by atoms with Crippen molar-refractivity contribution in [2.75, 3.05) is 6.61 Å². The summed E-state index contributed by atoms with van der Waals surface area (Å²) in [5.74, 6) is -0.0469. The van der Waals surface area contributed by atoms with Crippen LogP contribution in [0.3, 0.4) is 0 Å². The highest BCUT2D eigenvalue weighted by molar-refractivity contribution is 5.73. The molecule has 1 saturated heterocycles. The lowest BCUT2D eigenvalue weighted by molar-refractivity contribution is -0.384.